The van der Waals surface area contributed by atoms with Gasteiger partial charge in [-0.2, -0.15) is 0 Å². The smallest absolute Gasteiger partial charge is 0.252 e. The molecule has 4 heterocycles. The Morgan fingerprint density at radius 1 is 0.291 bits per heavy atom. The second-order valence-electron chi connectivity index (χ2n) is 30.7. The summed E-state index contributed by atoms with van der Waals surface area (Å²) in [6, 6.07) is 63.9. The van der Waals surface area contributed by atoms with Gasteiger partial charge in [0.25, 0.3) is 6.71 Å². The molecule has 4 aliphatic heterocycles. The monoisotopic (exact) mass is 1160 g/mol. The van der Waals surface area contributed by atoms with Gasteiger partial charge in [-0.25, -0.2) is 0 Å². The van der Waals surface area contributed by atoms with Crippen LogP contribution in [0, 0.1) is 0 Å². The molecule has 0 bridgehead atoms. The molecule has 0 aromatic heterocycles. The number of rotatable bonds is 6. The molecule has 13 rings (SSSR count). The fourth-order valence-electron chi connectivity index (χ4n) is 13.4. The largest absolute Gasteiger partial charge is 0.457 e. The zero-order chi connectivity index (χ0) is 60.9. The van der Waals surface area contributed by atoms with Crippen molar-refractivity contribution in [3.8, 4) is 23.0 Å². The van der Waals surface area contributed by atoms with Crippen LogP contribution in [-0.2, 0) is 32.5 Å². The van der Waals surface area contributed by atoms with Crippen molar-refractivity contribution in [2.45, 2.75) is 177 Å². The van der Waals surface area contributed by atoms with Crippen LogP contribution in [0.25, 0.3) is 0 Å². The van der Waals surface area contributed by atoms with Crippen LogP contribution in [0.1, 0.15) is 158 Å². The molecular formula is C78H82B2N2O2S2. The molecule has 0 N–H and O–H groups in total. The number of benzene rings is 9. The van der Waals surface area contributed by atoms with E-state index >= 15 is 0 Å². The minimum Gasteiger partial charge on any atom is -0.457 e. The quantitative estimate of drug-likeness (QED) is 0.154. The number of nitrogens with zero attached hydrogens (tertiary/aromatic N) is 2. The predicted molar refractivity (Wildman–Crippen MR) is 371 cm³/mol. The van der Waals surface area contributed by atoms with Crippen molar-refractivity contribution in [3.63, 3.8) is 0 Å². The first-order valence-corrected chi connectivity index (χ1v) is 32.6. The lowest BCUT2D eigenvalue weighted by atomic mass is 9.30. The standard InChI is InChI=1S/C78H82B2N2O2S2/c1-73(2,3)47-34-48(74(4,5)6)36-52(35-47)82-62-39-49(75(7,8)9)37-57(77(13,14)15)69(62)79-59-45-60-65(46-61(59)81(51-28-22-19-23-29-51)63-41-55(42-64(82)71(63)79)83-53-30-24-20-25-31-53)85-67-43-56(84-54-32-26-21-27-33-54)44-68-72(67)80(60)70-58(78(16,17)18)38-50(76(10,11)12)40-66(70)86-68/h19-46H,1-18H3. The molecule has 0 saturated carbocycles. The van der Waals surface area contributed by atoms with E-state index in [9.17, 15) is 0 Å². The van der Waals surface area contributed by atoms with Gasteiger partial charge in [-0.3, -0.25) is 0 Å². The molecule has 9 aromatic rings. The SMILES string of the molecule is CC(C)(C)c1cc(N2c3cc(Oc4ccccc4)cc4c3B(c3cc5c(cc3N4c3ccccc3)Sc3cc(Oc4ccccc4)cc4c3B5c3c(cc(C(C)(C)C)cc3C(C)(C)C)S4)c3c2cc(C(C)(C)C)cc3C(C)(C)C)cc(C(C)(C)C)c1. The lowest BCUT2D eigenvalue weighted by Crippen LogP contribution is -2.65. The number of hydrogen-bond donors (Lipinski definition) is 0. The lowest BCUT2D eigenvalue weighted by Gasteiger charge is -2.47. The molecular weight excluding hydrogens is 1080 g/mol. The van der Waals surface area contributed by atoms with Crippen molar-refractivity contribution in [2.75, 3.05) is 9.80 Å². The molecule has 0 saturated heterocycles. The normalized spacial score (nSPS) is 14.4. The molecule has 0 fully saturated rings. The Morgan fingerprint density at radius 2 is 0.698 bits per heavy atom. The first-order valence-electron chi connectivity index (χ1n) is 30.9. The Kier molecular flexibility index (Phi) is 13.7. The van der Waals surface area contributed by atoms with Crippen LogP contribution in [0.15, 0.2) is 189 Å². The summed E-state index contributed by atoms with van der Waals surface area (Å²) < 4.78 is 14.0. The highest BCUT2D eigenvalue weighted by Crippen LogP contribution is 2.52. The van der Waals surface area contributed by atoms with Crippen molar-refractivity contribution in [1.29, 1.82) is 0 Å². The molecule has 9 aromatic carbocycles. The van der Waals surface area contributed by atoms with Crippen LogP contribution in [-0.4, -0.2) is 13.4 Å². The molecule has 4 nitrogen and oxygen atoms in total. The predicted octanol–water partition coefficient (Wildman–Crippen LogP) is 18.6. The molecule has 4 aliphatic rings. The van der Waals surface area contributed by atoms with Crippen LogP contribution in [0.4, 0.5) is 34.1 Å². The zero-order valence-electron chi connectivity index (χ0n) is 53.8. The van der Waals surface area contributed by atoms with Crippen LogP contribution in [0.2, 0.25) is 0 Å². The van der Waals surface area contributed by atoms with E-state index in [0.717, 1.165) is 45.7 Å². The topological polar surface area (TPSA) is 24.9 Å². The third-order valence-corrected chi connectivity index (χ3v) is 20.3. The van der Waals surface area contributed by atoms with Gasteiger partial charge in [0.2, 0.25) is 6.71 Å². The van der Waals surface area contributed by atoms with Gasteiger partial charge < -0.3 is 19.3 Å². The van der Waals surface area contributed by atoms with Gasteiger partial charge in [-0.1, -0.05) is 238 Å². The first kappa shape index (κ1) is 58.1. The third-order valence-electron chi connectivity index (χ3n) is 18.1. The van der Waals surface area contributed by atoms with E-state index < -0.39 is 0 Å². The molecule has 434 valence electrons. The lowest BCUT2D eigenvalue weighted by molar-refractivity contribution is 0.480. The maximum Gasteiger partial charge on any atom is 0.252 e. The summed E-state index contributed by atoms with van der Waals surface area (Å²) in [6.45, 7) is 42.7. The van der Waals surface area contributed by atoms with E-state index in [4.69, 9.17) is 9.47 Å². The highest BCUT2D eigenvalue weighted by molar-refractivity contribution is 8.01. The summed E-state index contributed by atoms with van der Waals surface area (Å²) in [5.74, 6) is 3.26. The zero-order valence-corrected chi connectivity index (χ0v) is 55.5. The van der Waals surface area contributed by atoms with Gasteiger partial charge in [0, 0.05) is 65.8 Å². The highest BCUT2D eigenvalue weighted by Gasteiger charge is 2.50. The van der Waals surface area contributed by atoms with Gasteiger partial charge in [-0.05, 0) is 167 Å². The molecule has 0 radical (unpaired) electrons. The third kappa shape index (κ3) is 10.2. The van der Waals surface area contributed by atoms with Gasteiger partial charge in [0.05, 0.1) is 0 Å². The second kappa shape index (κ2) is 20.3. The van der Waals surface area contributed by atoms with Crippen molar-refractivity contribution in [3.05, 3.63) is 203 Å². The molecule has 86 heavy (non-hydrogen) atoms. The number of anilines is 6. The second-order valence-corrected chi connectivity index (χ2v) is 32.9. The van der Waals surface area contributed by atoms with Gasteiger partial charge in [0.15, 0.2) is 0 Å². The van der Waals surface area contributed by atoms with Gasteiger partial charge >= 0.3 is 0 Å². The summed E-state index contributed by atoms with van der Waals surface area (Å²) in [5, 5.41) is 0. The molecule has 8 heteroatoms. The summed E-state index contributed by atoms with van der Waals surface area (Å²) in [4.78, 5) is 10.3. The number of hydrogen-bond acceptors (Lipinski definition) is 6. The van der Waals surface area contributed by atoms with Crippen LogP contribution >= 0.6 is 23.5 Å². The van der Waals surface area contributed by atoms with E-state index in [1.54, 1.807) is 0 Å². The van der Waals surface area contributed by atoms with Crippen molar-refractivity contribution >= 4 is 104 Å². The highest BCUT2D eigenvalue weighted by atomic mass is 32.2. The number of fused-ring (bicyclic) bond motifs is 8. The Hall–Kier alpha value is -6.99. The molecule has 0 atom stereocenters. The average Bonchev–Trinajstić information content (AvgIpc) is 0.695. The van der Waals surface area contributed by atoms with Crippen molar-refractivity contribution in [2.24, 2.45) is 0 Å². The average molecular weight is 1170 g/mol. The Balaban J connectivity index is 1.17. The maximum atomic E-state index is 7.16. The first-order chi connectivity index (χ1) is 40.4. The van der Waals surface area contributed by atoms with E-state index in [-0.39, 0.29) is 45.9 Å². The van der Waals surface area contributed by atoms with Crippen LogP contribution in [0.3, 0.4) is 0 Å². The maximum absolute atomic E-state index is 7.16. The summed E-state index contributed by atoms with van der Waals surface area (Å²) >= 11 is 3.83. The van der Waals surface area contributed by atoms with E-state index in [0.29, 0.717) is 0 Å². The Bertz CT molecular complexity index is 4160. The van der Waals surface area contributed by atoms with E-state index in [1.165, 1.54) is 97.1 Å². The van der Waals surface area contributed by atoms with Crippen LogP contribution < -0.4 is 52.1 Å². The minimum absolute atomic E-state index is 0.0413. The van der Waals surface area contributed by atoms with E-state index in [2.05, 4.69) is 298 Å². The number of ether oxygens (including phenoxy) is 2. The number of para-hydroxylation sites is 3. The molecule has 0 aliphatic carbocycles. The summed E-state index contributed by atoms with van der Waals surface area (Å²) in [5.41, 5.74) is 22.3. The van der Waals surface area contributed by atoms with Gasteiger partial charge in [-0.15, -0.1) is 0 Å². The van der Waals surface area contributed by atoms with Crippen molar-refractivity contribution in [1.82, 2.24) is 0 Å². The Morgan fingerprint density at radius 3 is 1.20 bits per heavy atom. The Labute approximate surface area is 522 Å². The van der Waals surface area contributed by atoms with Crippen LogP contribution in [0.5, 0.6) is 23.0 Å². The molecule has 0 unspecified atom stereocenters. The van der Waals surface area contributed by atoms with E-state index in [1.807, 2.05) is 29.6 Å². The fourth-order valence-corrected chi connectivity index (χ4v) is 15.9. The summed E-state index contributed by atoms with van der Waals surface area (Å²) in [7, 11) is 0. The minimum atomic E-state index is -0.241. The molecule has 0 spiro atoms. The van der Waals surface area contributed by atoms with Crippen molar-refractivity contribution < 1.29 is 9.47 Å². The van der Waals surface area contributed by atoms with Gasteiger partial charge in [0.1, 0.15) is 23.0 Å². The summed E-state index contributed by atoms with van der Waals surface area (Å²) in [6.07, 6.45) is 0. The fraction of sp³-hybridized carbons (Fsp3) is 0.308. The molecule has 0 amide bonds.